The number of aliphatic carboxylic acids is 1. The third-order valence-electron chi connectivity index (χ3n) is 3.99. The van der Waals surface area contributed by atoms with E-state index in [9.17, 15) is 22.7 Å². The van der Waals surface area contributed by atoms with Crippen molar-refractivity contribution in [3.63, 3.8) is 0 Å². The number of nitrogens with one attached hydrogen (secondary N) is 1. The highest BCUT2D eigenvalue weighted by molar-refractivity contribution is 7.89. The number of rotatable bonds is 5. The third kappa shape index (κ3) is 3.41. The summed E-state index contributed by atoms with van der Waals surface area (Å²) >= 11 is 0. The summed E-state index contributed by atoms with van der Waals surface area (Å²) in [5.74, 6) is -1.85. The second kappa shape index (κ2) is 6.11. The Morgan fingerprint density at radius 2 is 1.86 bits per heavy atom. The zero-order valence-electron chi connectivity index (χ0n) is 11.5. The highest BCUT2D eigenvalue weighted by Crippen LogP contribution is 2.36. The minimum Gasteiger partial charge on any atom is -0.481 e. The number of sulfonamides is 1. The van der Waals surface area contributed by atoms with Gasteiger partial charge in [0, 0.05) is 6.54 Å². The Hall–Kier alpha value is -1.47. The summed E-state index contributed by atoms with van der Waals surface area (Å²) in [7, 11) is -4.05. The molecule has 1 aromatic carbocycles. The summed E-state index contributed by atoms with van der Waals surface area (Å²) in [5.41, 5.74) is -1.09. The monoisotopic (exact) mass is 315 g/mol. The van der Waals surface area contributed by atoms with Gasteiger partial charge in [-0.2, -0.15) is 0 Å². The number of carboxylic acids is 1. The highest BCUT2D eigenvalue weighted by atomic mass is 32.2. The Balaban J connectivity index is 2.17. The van der Waals surface area contributed by atoms with E-state index in [0.29, 0.717) is 12.8 Å². The Labute approximate surface area is 123 Å². The largest absolute Gasteiger partial charge is 0.481 e. The first-order valence-corrected chi connectivity index (χ1v) is 8.33. The van der Waals surface area contributed by atoms with Crippen molar-refractivity contribution in [2.75, 3.05) is 6.54 Å². The molecule has 0 aromatic heterocycles. The van der Waals surface area contributed by atoms with Gasteiger partial charge in [-0.15, -0.1) is 0 Å². The molecule has 1 aliphatic rings. The van der Waals surface area contributed by atoms with Crippen LogP contribution in [0.4, 0.5) is 4.39 Å². The Morgan fingerprint density at radius 1 is 1.24 bits per heavy atom. The van der Waals surface area contributed by atoms with Gasteiger partial charge in [-0.1, -0.05) is 31.4 Å². The van der Waals surface area contributed by atoms with Gasteiger partial charge in [-0.05, 0) is 25.0 Å². The van der Waals surface area contributed by atoms with Crippen LogP contribution in [-0.2, 0) is 14.8 Å². The molecule has 7 heteroatoms. The van der Waals surface area contributed by atoms with Crippen LogP contribution in [0.15, 0.2) is 29.2 Å². The standard InChI is InChI=1S/C14H18FNO4S/c15-11-6-2-3-7-12(11)21(19,20)16-10-14(13(17)18)8-4-1-5-9-14/h2-3,6-7,16H,1,4-5,8-10H2,(H,17,18). The molecule has 0 unspecified atom stereocenters. The smallest absolute Gasteiger partial charge is 0.310 e. The van der Waals surface area contributed by atoms with Crippen LogP contribution >= 0.6 is 0 Å². The van der Waals surface area contributed by atoms with Crippen LogP contribution in [0.2, 0.25) is 0 Å². The molecular weight excluding hydrogens is 297 g/mol. The molecule has 0 amide bonds. The lowest BCUT2D eigenvalue weighted by Crippen LogP contribution is -2.44. The maximum Gasteiger partial charge on any atom is 0.310 e. The van der Waals surface area contributed by atoms with Crippen molar-refractivity contribution in [1.82, 2.24) is 4.72 Å². The van der Waals surface area contributed by atoms with Crippen LogP contribution in [0.3, 0.4) is 0 Å². The van der Waals surface area contributed by atoms with Crippen molar-refractivity contribution < 1.29 is 22.7 Å². The van der Waals surface area contributed by atoms with Gasteiger partial charge in [-0.25, -0.2) is 17.5 Å². The molecule has 0 atom stereocenters. The molecule has 1 fully saturated rings. The molecule has 0 radical (unpaired) electrons. The van der Waals surface area contributed by atoms with E-state index < -0.39 is 32.1 Å². The van der Waals surface area contributed by atoms with E-state index in [4.69, 9.17) is 0 Å². The zero-order valence-corrected chi connectivity index (χ0v) is 12.3. The maximum absolute atomic E-state index is 13.6. The predicted molar refractivity (Wildman–Crippen MR) is 74.7 cm³/mol. The number of carbonyl (C=O) groups is 1. The molecule has 0 heterocycles. The van der Waals surface area contributed by atoms with Gasteiger partial charge < -0.3 is 5.11 Å². The lowest BCUT2D eigenvalue weighted by Gasteiger charge is -2.33. The van der Waals surface area contributed by atoms with Crippen molar-refractivity contribution in [2.24, 2.45) is 5.41 Å². The SMILES string of the molecule is O=C(O)C1(CNS(=O)(=O)c2ccccc2F)CCCCC1. The van der Waals surface area contributed by atoms with Gasteiger partial charge in [0.2, 0.25) is 10.0 Å². The van der Waals surface area contributed by atoms with E-state index in [0.717, 1.165) is 31.4 Å². The molecule has 21 heavy (non-hydrogen) atoms. The van der Waals surface area contributed by atoms with Crippen molar-refractivity contribution in [2.45, 2.75) is 37.0 Å². The highest BCUT2D eigenvalue weighted by Gasteiger charge is 2.40. The molecule has 2 N–H and O–H groups in total. The van der Waals surface area contributed by atoms with E-state index in [1.54, 1.807) is 0 Å². The normalized spacial score (nSPS) is 18.3. The molecule has 0 aliphatic heterocycles. The fraction of sp³-hybridized carbons (Fsp3) is 0.500. The van der Waals surface area contributed by atoms with Crippen LogP contribution in [0.5, 0.6) is 0 Å². The Bertz CT molecular complexity index is 624. The second-order valence-electron chi connectivity index (χ2n) is 5.40. The fourth-order valence-corrected chi connectivity index (χ4v) is 3.87. The Kier molecular flexibility index (Phi) is 4.63. The first-order chi connectivity index (χ1) is 9.87. The molecule has 1 aromatic rings. The van der Waals surface area contributed by atoms with Crippen LogP contribution in [0.25, 0.3) is 0 Å². The second-order valence-corrected chi connectivity index (χ2v) is 7.14. The van der Waals surface area contributed by atoms with Crippen LogP contribution in [0, 0.1) is 11.2 Å². The van der Waals surface area contributed by atoms with Crippen LogP contribution in [0.1, 0.15) is 32.1 Å². The minimum atomic E-state index is -4.05. The van der Waals surface area contributed by atoms with Gasteiger partial charge in [0.15, 0.2) is 0 Å². The molecule has 0 bridgehead atoms. The van der Waals surface area contributed by atoms with E-state index >= 15 is 0 Å². The summed E-state index contributed by atoms with van der Waals surface area (Å²) in [6.07, 6.45) is 3.33. The zero-order chi connectivity index (χ0) is 15.5. The molecule has 1 aliphatic carbocycles. The minimum absolute atomic E-state index is 0.209. The summed E-state index contributed by atoms with van der Waals surface area (Å²) < 4.78 is 40.1. The van der Waals surface area contributed by atoms with Crippen LogP contribution in [-0.4, -0.2) is 26.0 Å². The van der Waals surface area contributed by atoms with Gasteiger partial charge in [0.1, 0.15) is 10.7 Å². The lowest BCUT2D eigenvalue weighted by atomic mass is 9.74. The summed E-state index contributed by atoms with van der Waals surface area (Å²) in [6, 6.07) is 5.04. The summed E-state index contributed by atoms with van der Waals surface area (Å²) in [5, 5.41) is 9.40. The average Bonchev–Trinajstić information content (AvgIpc) is 2.46. The molecular formula is C14H18FNO4S. The molecule has 5 nitrogen and oxygen atoms in total. The van der Waals surface area contributed by atoms with Crippen molar-refractivity contribution >= 4 is 16.0 Å². The molecule has 0 saturated heterocycles. The number of benzene rings is 1. The topological polar surface area (TPSA) is 83.5 Å². The average molecular weight is 315 g/mol. The van der Waals surface area contributed by atoms with E-state index in [2.05, 4.69) is 4.72 Å². The summed E-state index contributed by atoms with van der Waals surface area (Å²) in [4.78, 5) is 11.0. The van der Waals surface area contributed by atoms with Gasteiger partial charge in [-0.3, -0.25) is 4.79 Å². The van der Waals surface area contributed by atoms with Crippen LogP contribution < -0.4 is 4.72 Å². The van der Waals surface area contributed by atoms with E-state index in [-0.39, 0.29) is 6.54 Å². The van der Waals surface area contributed by atoms with Crippen molar-refractivity contribution in [1.29, 1.82) is 0 Å². The van der Waals surface area contributed by atoms with Gasteiger partial charge in [0.05, 0.1) is 5.41 Å². The Morgan fingerprint density at radius 3 is 2.43 bits per heavy atom. The van der Waals surface area contributed by atoms with E-state index in [1.165, 1.54) is 12.1 Å². The molecule has 1 saturated carbocycles. The molecule has 116 valence electrons. The fourth-order valence-electron chi connectivity index (χ4n) is 2.67. The van der Waals surface area contributed by atoms with Crippen molar-refractivity contribution in [3.05, 3.63) is 30.1 Å². The van der Waals surface area contributed by atoms with Gasteiger partial charge >= 0.3 is 5.97 Å². The number of halogens is 1. The first kappa shape index (κ1) is 15.9. The molecule has 2 rings (SSSR count). The molecule has 0 spiro atoms. The number of hydrogen-bond acceptors (Lipinski definition) is 3. The lowest BCUT2D eigenvalue weighted by molar-refractivity contribution is -0.150. The quantitative estimate of drug-likeness (QED) is 0.872. The van der Waals surface area contributed by atoms with Crippen molar-refractivity contribution in [3.8, 4) is 0 Å². The third-order valence-corrected chi connectivity index (χ3v) is 5.43. The van der Waals surface area contributed by atoms with E-state index in [1.807, 2.05) is 0 Å². The maximum atomic E-state index is 13.6. The predicted octanol–water partition coefficient (Wildman–Crippen LogP) is 2.14. The number of hydrogen-bond donors (Lipinski definition) is 2. The van der Waals surface area contributed by atoms with Gasteiger partial charge in [0.25, 0.3) is 0 Å². The summed E-state index contributed by atoms with van der Waals surface area (Å²) in [6.45, 7) is -0.209. The number of carboxylic acid groups (broad SMARTS) is 1. The first-order valence-electron chi connectivity index (χ1n) is 6.85.